The van der Waals surface area contributed by atoms with Gasteiger partial charge < -0.3 is 21.1 Å². The Morgan fingerprint density at radius 3 is 2.53 bits per heavy atom. The lowest BCUT2D eigenvalue weighted by Crippen LogP contribution is -2.56. The third-order valence-electron chi connectivity index (χ3n) is 3.28. The minimum absolute atomic E-state index is 0.142. The first-order valence-electron chi connectivity index (χ1n) is 6.15. The van der Waals surface area contributed by atoms with E-state index in [1.807, 2.05) is 30.3 Å². The van der Waals surface area contributed by atoms with Gasteiger partial charge in [0.2, 0.25) is 5.91 Å². The van der Waals surface area contributed by atoms with Gasteiger partial charge in [-0.3, -0.25) is 4.79 Å². The highest BCUT2D eigenvalue weighted by Crippen LogP contribution is 2.18. The molecule has 102 valence electrons. The lowest BCUT2D eigenvalue weighted by Gasteiger charge is -2.36. The maximum Gasteiger partial charge on any atom is 0.407 e. The summed E-state index contributed by atoms with van der Waals surface area (Å²) in [6.07, 6.45) is -0.984. The molecule has 0 spiro atoms. The lowest BCUT2D eigenvalue weighted by atomic mass is 9.98. The van der Waals surface area contributed by atoms with Crippen LogP contribution in [0, 0.1) is 5.92 Å². The molecular formula is C13H17N3O3. The Hall–Kier alpha value is -2.08. The molecule has 2 rings (SSSR count). The van der Waals surface area contributed by atoms with Crippen LogP contribution in [-0.2, 0) is 4.79 Å². The molecule has 1 atom stereocenters. The fourth-order valence-electron chi connectivity index (χ4n) is 2.05. The van der Waals surface area contributed by atoms with Crippen LogP contribution in [0.5, 0.6) is 0 Å². The van der Waals surface area contributed by atoms with Gasteiger partial charge in [0.1, 0.15) is 0 Å². The Labute approximate surface area is 111 Å². The van der Waals surface area contributed by atoms with E-state index >= 15 is 0 Å². The minimum Gasteiger partial charge on any atom is -0.465 e. The number of likely N-dealkylation sites (tertiary alicyclic amines) is 1. The van der Waals surface area contributed by atoms with Crippen LogP contribution < -0.4 is 11.1 Å². The van der Waals surface area contributed by atoms with Gasteiger partial charge in [-0.2, -0.15) is 0 Å². The molecule has 0 radical (unpaired) electrons. The summed E-state index contributed by atoms with van der Waals surface area (Å²) in [5, 5.41) is 11.6. The molecule has 1 fully saturated rings. The highest BCUT2D eigenvalue weighted by molar-refractivity contribution is 5.82. The zero-order chi connectivity index (χ0) is 13.8. The molecular weight excluding hydrogens is 246 g/mol. The standard InChI is InChI=1S/C13H17N3O3/c14-6-11(9-4-2-1-3-5-9)15-12(17)10-7-16(8-10)13(18)19/h1-5,10-11H,6-8,14H2,(H,15,17)(H,18,19)/t11-/m1/s1. The van der Waals surface area contributed by atoms with Crippen LogP contribution in [0.4, 0.5) is 4.79 Å². The SMILES string of the molecule is NC[C@@H](NC(=O)C1CN(C(=O)O)C1)c1ccccc1. The number of carbonyl (C=O) groups excluding carboxylic acids is 1. The van der Waals surface area contributed by atoms with Crippen molar-refractivity contribution in [2.75, 3.05) is 19.6 Å². The molecule has 0 aliphatic carbocycles. The summed E-state index contributed by atoms with van der Waals surface area (Å²) in [6.45, 7) is 0.825. The molecule has 2 amide bonds. The van der Waals surface area contributed by atoms with E-state index < -0.39 is 6.09 Å². The van der Waals surface area contributed by atoms with Crippen molar-refractivity contribution in [3.8, 4) is 0 Å². The molecule has 19 heavy (non-hydrogen) atoms. The van der Waals surface area contributed by atoms with Crippen LogP contribution in [0.3, 0.4) is 0 Å². The van der Waals surface area contributed by atoms with Crippen molar-refractivity contribution in [1.29, 1.82) is 0 Å². The van der Waals surface area contributed by atoms with Crippen molar-refractivity contribution in [2.24, 2.45) is 11.7 Å². The summed E-state index contributed by atoms with van der Waals surface area (Å²) in [5.74, 6) is -0.411. The molecule has 6 heteroatoms. The van der Waals surface area contributed by atoms with Crippen molar-refractivity contribution in [3.63, 3.8) is 0 Å². The first-order chi connectivity index (χ1) is 9.11. The van der Waals surface area contributed by atoms with E-state index in [0.717, 1.165) is 5.56 Å². The second-order valence-electron chi connectivity index (χ2n) is 4.59. The smallest absolute Gasteiger partial charge is 0.407 e. The predicted molar refractivity (Wildman–Crippen MR) is 69.5 cm³/mol. The second kappa shape index (κ2) is 5.71. The predicted octanol–water partition coefficient (Wildman–Crippen LogP) is 0.412. The molecule has 0 aromatic heterocycles. The van der Waals surface area contributed by atoms with Crippen LogP contribution in [0.25, 0.3) is 0 Å². The molecule has 1 aliphatic rings. The quantitative estimate of drug-likeness (QED) is 0.733. The van der Waals surface area contributed by atoms with Crippen LogP contribution in [0.2, 0.25) is 0 Å². The molecule has 1 saturated heterocycles. The van der Waals surface area contributed by atoms with Gasteiger partial charge in [0, 0.05) is 19.6 Å². The maximum absolute atomic E-state index is 11.9. The number of hydrogen-bond acceptors (Lipinski definition) is 3. The largest absolute Gasteiger partial charge is 0.465 e. The maximum atomic E-state index is 11.9. The summed E-state index contributed by atoms with van der Waals surface area (Å²) in [5.41, 5.74) is 6.62. The number of rotatable bonds is 4. The topological polar surface area (TPSA) is 95.7 Å². The van der Waals surface area contributed by atoms with Gasteiger partial charge in [-0.05, 0) is 5.56 Å². The third kappa shape index (κ3) is 3.03. The van der Waals surface area contributed by atoms with Gasteiger partial charge in [0.05, 0.1) is 12.0 Å². The van der Waals surface area contributed by atoms with Gasteiger partial charge in [0.15, 0.2) is 0 Å². The van der Waals surface area contributed by atoms with Gasteiger partial charge in [0.25, 0.3) is 0 Å². The average Bonchev–Trinajstić information content (AvgIpc) is 2.34. The Morgan fingerprint density at radius 1 is 1.37 bits per heavy atom. The van der Waals surface area contributed by atoms with Crippen molar-refractivity contribution in [1.82, 2.24) is 10.2 Å². The molecule has 0 unspecified atom stereocenters. The second-order valence-corrected chi connectivity index (χ2v) is 4.59. The molecule has 1 aromatic carbocycles. The van der Waals surface area contributed by atoms with Crippen LogP contribution in [-0.4, -0.2) is 41.6 Å². The normalized spacial score (nSPS) is 16.6. The zero-order valence-corrected chi connectivity index (χ0v) is 10.5. The Bertz CT molecular complexity index is 457. The van der Waals surface area contributed by atoms with E-state index in [9.17, 15) is 9.59 Å². The van der Waals surface area contributed by atoms with E-state index in [0.29, 0.717) is 6.54 Å². The summed E-state index contributed by atoms with van der Waals surface area (Å²) in [7, 11) is 0. The Balaban J connectivity index is 1.90. The highest BCUT2D eigenvalue weighted by atomic mass is 16.4. The molecule has 6 nitrogen and oxygen atoms in total. The van der Waals surface area contributed by atoms with E-state index in [1.54, 1.807) is 0 Å². The van der Waals surface area contributed by atoms with E-state index in [1.165, 1.54) is 4.90 Å². The number of carboxylic acid groups (broad SMARTS) is 1. The molecule has 0 bridgehead atoms. The Morgan fingerprint density at radius 2 is 2.00 bits per heavy atom. The minimum atomic E-state index is -0.984. The monoisotopic (exact) mass is 263 g/mol. The first-order valence-corrected chi connectivity index (χ1v) is 6.15. The van der Waals surface area contributed by atoms with Crippen molar-refractivity contribution >= 4 is 12.0 Å². The molecule has 0 saturated carbocycles. The number of carbonyl (C=O) groups is 2. The number of hydrogen-bond donors (Lipinski definition) is 3. The van der Waals surface area contributed by atoms with E-state index in [4.69, 9.17) is 10.8 Å². The number of nitrogens with one attached hydrogen (secondary N) is 1. The summed E-state index contributed by atoms with van der Waals surface area (Å²) in [6, 6.07) is 9.26. The molecule has 4 N–H and O–H groups in total. The van der Waals surface area contributed by atoms with Crippen molar-refractivity contribution in [3.05, 3.63) is 35.9 Å². The van der Waals surface area contributed by atoms with Crippen LogP contribution in [0.1, 0.15) is 11.6 Å². The number of benzene rings is 1. The summed E-state index contributed by atoms with van der Waals surface area (Å²) < 4.78 is 0. The van der Waals surface area contributed by atoms with Crippen molar-refractivity contribution < 1.29 is 14.7 Å². The van der Waals surface area contributed by atoms with Crippen LogP contribution in [0.15, 0.2) is 30.3 Å². The first kappa shape index (κ1) is 13.4. The van der Waals surface area contributed by atoms with Crippen molar-refractivity contribution in [2.45, 2.75) is 6.04 Å². The van der Waals surface area contributed by atoms with E-state index in [-0.39, 0.29) is 31.0 Å². The number of nitrogens with two attached hydrogens (primary N) is 1. The fourth-order valence-corrected chi connectivity index (χ4v) is 2.05. The fraction of sp³-hybridized carbons (Fsp3) is 0.385. The van der Waals surface area contributed by atoms with Gasteiger partial charge in [-0.15, -0.1) is 0 Å². The Kier molecular flexibility index (Phi) is 4.01. The summed E-state index contributed by atoms with van der Waals surface area (Å²) in [4.78, 5) is 23.8. The average molecular weight is 263 g/mol. The molecule has 1 aromatic rings. The zero-order valence-electron chi connectivity index (χ0n) is 10.5. The highest BCUT2D eigenvalue weighted by Gasteiger charge is 2.36. The number of amides is 2. The molecule has 1 aliphatic heterocycles. The lowest BCUT2D eigenvalue weighted by molar-refractivity contribution is -0.129. The summed E-state index contributed by atoms with van der Waals surface area (Å²) >= 11 is 0. The van der Waals surface area contributed by atoms with Gasteiger partial charge >= 0.3 is 6.09 Å². The number of nitrogens with zero attached hydrogens (tertiary/aromatic N) is 1. The van der Waals surface area contributed by atoms with Gasteiger partial charge in [-0.25, -0.2) is 4.79 Å². The van der Waals surface area contributed by atoms with Crippen LogP contribution >= 0.6 is 0 Å². The van der Waals surface area contributed by atoms with E-state index in [2.05, 4.69) is 5.32 Å². The van der Waals surface area contributed by atoms with Gasteiger partial charge in [-0.1, -0.05) is 30.3 Å². The third-order valence-corrected chi connectivity index (χ3v) is 3.28. The molecule has 1 heterocycles.